The average Bonchev–Trinajstić information content (AvgIpc) is 3.39. The van der Waals surface area contributed by atoms with Gasteiger partial charge >= 0.3 is 0 Å². The van der Waals surface area contributed by atoms with Crippen LogP contribution in [0.3, 0.4) is 0 Å². The minimum Gasteiger partial charge on any atom is -0.338 e. The van der Waals surface area contributed by atoms with Crippen molar-refractivity contribution >= 4 is 11.6 Å². The SMILES string of the molecule is CC(c1nc(C2CC2)no1)N1CCC(C(=O)Nc2ccccc2)CC1. The second-order valence-electron chi connectivity index (χ2n) is 7.11. The van der Waals surface area contributed by atoms with Crippen LogP contribution in [0.15, 0.2) is 34.9 Å². The van der Waals surface area contributed by atoms with Crippen molar-refractivity contribution in [2.75, 3.05) is 18.4 Å². The molecule has 25 heavy (non-hydrogen) atoms. The molecule has 6 heteroatoms. The molecule has 4 rings (SSSR count). The highest BCUT2D eigenvalue weighted by Gasteiger charge is 2.32. The molecular formula is C19H24N4O2. The van der Waals surface area contributed by atoms with Gasteiger partial charge in [0, 0.05) is 17.5 Å². The molecule has 1 saturated carbocycles. The van der Waals surface area contributed by atoms with Gasteiger partial charge in [0.15, 0.2) is 5.82 Å². The van der Waals surface area contributed by atoms with E-state index in [1.165, 1.54) is 12.8 Å². The Morgan fingerprint density at radius 3 is 2.60 bits per heavy atom. The Hall–Kier alpha value is -2.21. The number of amides is 1. The summed E-state index contributed by atoms with van der Waals surface area (Å²) in [5, 5.41) is 7.12. The number of carbonyl (C=O) groups is 1. The van der Waals surface area contributed by atoms with Gasteiger partial charge in [0.05, 0.1) is 6.04 Å². The number of aromatic nitrogens is 2. The molecule has 1 saturated heterocycles. The molecule has 2 aromatic rings. The standard InChI is InChI=1S/C19H24N4O2/c1-13(19-21-17(22-25-19)14-7-8-14)23-11-9-15(10-12-23)18(24)20-16-5-3-2-4-6-16/h2-6,13-15H,7-12H2,1H3,(H,20,24). The fraction of sp³-hybridized carbons (Fsp3) is 0.526. The summed E-state index contributed by atoms with van der Waals surface area (Å²) in [4.78, 5) is 19.3. The maximum absolute atomic E-state index is 12.4. The first-order chi connectivity index (χ1) is 12.2. The predicted molar refractivity (Wildman–Crippen MR) is 94.1 cm³/mol. The Kier molecular flexibility index (Phi) is 4.53. The van der Waals surface area contributed by atoms with Crippen LogP contribution in [0.2, 0.25) is 0 Å². The van der Waals surface area contributed by atoms with Crippen LogP contribution in [0.5, 0.6) is 0 Å². The van der Waals surface area contributed by atoms with Crippen molar-refractivity contribution in [3.8, 4) is 0 Å². The lowest BCUT2D eigenvalue weighted by Gasteiger charge is -2.33. The predicted octanol–water partition coefficient (Wildman–Crippen LogP) is 3.36. The number of piperidine rings is 1. The Morgan fingerprint density at radius 2 is 1.92 bits per heavy atom. The molecule has 1 amide bonds. The van der Waals surface area contributed by atoms with Crippen LogP contribution < -0.4 is 5.32 Å². The molecule has 1 atom stereocenters. The van der Waals surface area contributed by atoms with Crippen molar-refractivity contribution in [1.29, 1.82) is 0 Å². The lowest BCUT2D eigenvalue weighted by atomic mass is 9.95. The first-order valence-corrected chi connectivity index (χ1v) is 9.14. The third kappa shape index (κ3) is 3.74. The molecule has 1 unspecified atom stereocenters. The van der Waals surface area contributed by atoms with E-state index < -0.39 is 0 Å². The zero-order valence-corrected chi connectivity index (χ0v) is 14.5. The number of nitrogens with one attached hydrogen (secondary N) is 1. The maximum atomic E-state index is 12.4. The first-order valence-electron chi connectivity index (χ1n) is 9.14. The molecule has 132 valence electrons. The number of hydrogen-bond donors (Lipinski definition) is 1. The highest BCUT2D eigenvalue weighted by Crippen LogP contribution is 2.38. The number of benzene rings is 1. The van der Waals surface area contributed by atoms with Crippen molar-refractivity contribution in [3.05, 3.63) is 42.0 Å². The van der Waals surface area contributed by atoms with E-state index in [4.69, 9.17) is 4.52 Å². The molecule has 2 heterocycles. The maximum Gasteiger partial charge on any atom is 0.243 e. The van der Waals surface area contributed by atoms with Crippen LogP contribution in [0, 0.1) is 5.92 Å². The van der Waals surface area contributed by atoms with E-state index in [2.05, 4.69) is 27.3 Å². The van der Waals surface area contributed by atoms with Gasteiger partial charge in [0.1, 0.15) is 0 Å². The normalized spacial score (nSPS) is 20.4. The van der Waals surface area contributed by atoms with Crippen LogP contribution in [-0.4, -0.2) is 34.0 Å². The van der Waals surface area contributed by atoms with E-state index in [0.29, 0.717) is 11.8 Å². The molecule has 0 spiro atoms. The van der Waals surface area contributed by atoms with E-state index in [1.54, 1.807) is 0 Å². The van der Waals surface area contributed by atoms with Crippen LogP contribution in [0.4, 0.5) is 5.69 Å². The number of carbonyl (C=O) groups excluding carboxylic acids is 1. The second kappa shape index (κ2) is 6.96. The molecule has 0 radical (unpaired) electrons. The highest BCUT2D eigenvalue weighted by molar-refractivity contribution is 5.92. The minimum absolute atomic E-state index is 0.0633. The Morgan fingerprint density at radius 1 is 1.20 bits per heavy atom. The summed E-state index contributed by atoms with van der Waals surface area (Å²) in [6.07, 6.45) is 4.06. The number of hydrogen-bond acceptors (Lipinski definition) is 5. The van der Waals surface area contributed by atoms with Crippen molar-refractivity contribution in [2.45, 2.75) is 44.6 Å². The number of para-hydroxylation sites is 1. The third-order valence-electron chi connectivity index (χ3n) is 5.25. The summed E-state index contributed by atoms with van der Waals surface area (Å²) in [5.74, 6) is 2.26. The first kappa shape index (κ1) is 16.3. The largest absolute Gasteiger partial charge is 0.338 e. The molecule has 6 nitrogen and oxygen atoms in total. The van der Waals surface area contributed by atoms with Gasteiger partial charge in [-0.1, -0.05) is 23.4 Å². The summed E-state index contributed by atoms with van der Waals surface area (Å²) < 4.78 is 5.45. The van der Waals surface area contributed by atoms with E-state index in [9.17, 15) is 4.79 Å². The van der Waals surface area contributed by atoms with Crippen LogP contribution >= 0.6 is 0 Å². The van der Waals surface area contributed by atoms with Crippen LogP contribution in [0.25, 0.3) is 0 Å². The Labute approximate surface area is 147 Å². The number of nitrogens with zero attached hydrogens (tertiary/aromatic N) is 3. The summed E-state index contributed by atoms with van der Waals surface area (Å²) in [6, 6.07) is 9.75. The summed E-state index contributed by atoms with van der Waals surface area (Å²) in [7, 11) is 0. The Bertz CT molecular complexity index is 718. The van der Waals surface area contributed by atoms with E-state index in [1.807, 2.05) is 30.3 Å². The van der Waals surface area contributed by atoms with Crippen LogP contribution in [-0.2, 0) is 4.79 Å². The fourth-order valence-electron chi connectivity index (χ4n) is 3.40. The lowest BCUT2D eigenvalue weighted by Crippen LogP contribution is -2.39. The van der Waals surface area contributed by atoms with Crippen molar-refractivity contribution in [2.24, 2.45) is 5.92 Å². The minimum atomic E-state index is 0.0633. The van der Waals surface area contributed by atoms with Gasteiger partial charge in [0.25, 0.3) is 0 Å². The molecule has 2 aliphatic rings. The molecule has 1 aromatic carbocycles. The molecule has 1 aliphatic heterocycles. The van der Waals surface area contributed by atoms with Gasteiger partial charge in [-0.2, -0.15) is 4.98 Å². The number of likely N-dealkylation sites (tertiary alicyclic amines) is 1. The number of rotatable bonds is 5. The van der Waals surface area contributed by atoms with Gasteiger partial charge in [-0.25, -0.2) is 0 Å². The van der Waals surface area contributed by atoms with Gasteiger partial charge in [0.2, 0.25) is 11.8 Å². The van der Waals surface area contributed by atoms with Gasteiger partial charge in [-0.15, -0.1) is 0 Å². The molecule has 1 N–H and O–H groups in total. The highest BCUT2D eigenvalue weighted by atomic mass is 16.5. The average molecular weight is 340 g/mol. The smallest absolute Gasteiger partial charge is 0.243 e. The molecule has 2 fully saturated rings. The second-order valence-corrected chi connectivity index (χ2v) is 7.11. The molecule has 1 aliphatic carbocycles. The molecule has 0 bridgehead atoms. The fourth-order valence-corrected chi connectivity index (χ4v) is 3.40. The van der Waals surface area contributed by atoms with Crippen molar-refractivity contribution < 1.29 is 9.32 Å². The number of anilines is 1. The van der Waals surface area contributed by atoms with E-state index >= 15 is 0 Å². The van der Waals surface area contributed by atoms with E-state index in [0.717, 1.165) is 37.4 Å². The summed E-state index contributed by atoms with van der Waals surface area (Å²) in [5.41, 5.74) is 0.863. The van der Waals surface area contributed by atoms with Gasteiger partial charge in [-0.3, -0.25) is 9.69 Å². The van der Waals surface area contributed by atoms with Gasteiger partial charge < -0.3 is 9.84 Å². The zero-order valence-electron chi connectivity index (χ0n) is 14.5. The zero-order chi connectivity index (χ0) is 17.2. The third-order valence-corrected chi connectivity index (χ3v) is 5.25. The van der Waals surface area contributed by atoms with Crippen LogP contribution in [0.1, 0.15) is 56.3 Å². The monoisotopic (exact) mass is 340 g/mol. The van der Waals surface area contributed by atoms with Crippen molar-refractivity contribution in [1.82, 2.24) is 15.0 Å². The molecular weight excluding hydrogens is 316 g/mol. The topological polar surface area (TPSA) is 71.3 Å². The molecule has 1 aromatic heterocycles. The Balaban J connectivity index is 1.30. The quantitative estimate of drug-likeness (QED) is 0.904. The summed E-state index contributed by atoms with van der Waals surface area (Å²) >= 11 is 0. The lowest BCUT2D eigenvalue weighted by molar-refractivity contribution is -0.121. The van der Waals surface area contributed by atoms with E-state index in [-0.39, 0.29) is 17.9 Å². The summed E-state index contributed by atoms with van der Waals surface area (Å²) in [6.45, 7) is 3.85. The van der Waals surface area contributed by atoms with Gasteiger partial charge in [-0.05, 0) is 57.8 Å². The van der Waals surface area contributed by atoms with Crippen molar-refractivity contribution in [3.63, 3.8) is 0 Å².